The largest absolute Gasteiger partial charge is 0.494 e. The molecule has 6 rings (SSSR count). The van der Waals surface area contributed by atoms with Crippen LogP contribution in [0.1, 0.15) is 118 Å². The molecule has 0 aliphatic carbocycles. The second-order valence-corrected chi connectivity index (χ2v) is 19.1. The lowest BCUT2D eigenvalue weighted by Crippen LogP contribution is -2.42. The molecule has 75 heavy (non-hydrogen) atoms. The van der Waals surface area contributed by atoms with Gasteiger partial charge in [0.05, 0.1) is 35.4 Å². The number of ether oxygens (including phenoxy) is 4. The zero-order chi connectivity index (χ0) is 55.0. The van der Waals surface area contributed by atoms with E-state index in [9.17, 15) is 41.9 Å². The van der Waals surface area contributed by atoms with Gasteiger partial charge in [-0.25, -0.2) is 29.1 Å². The van der Waals surface area contributed by atoms with Gasteiger partial charge in [-0.05, 0) is 151 Å². The second kappa shape index (κ2) is 22.8. The normalized spacial score (nSPS) is 12.0. The average Bonchev–Trinajstić information content (AvgIpc) is 3.38. The number of amides is 6. The van der Waals surface area contributed by atoms with Crippen molar-refractivity contribution >= 4 is 75.2 Å². The Morgan fingerprint density at radius 1 is 0.467 bits per heavy atom. The molecule has 18 heteroatoms. The number of nitrogens with zero attached hydrogens (tertiary/aromatic N) is 5. The lowest BCUT2D eigenvalue weighted by Gasteiger charge is -2.29. The van der Waals surface area contributed by atoms with Crippen LogP contribution in [0.2, 0.25) is 0 Å². The molecule has 0 fully saturated rings. The van der Waals surface area contributed by atoms with Crippen molar-refractivity contribution in [3.05, 3.63) is 156 Å². The minimum atomic E-state index is -4.80. The van der Waals surface area contributed by atoms with Crippen LogP contribution >= 0.6 is 0 Å². The molecule has 0 aliphatic heterocycles. The molecule has 0 spiro atoms. The SMILES string of the molecule is CCC(C)(C)OC(=O)N(C(=O)c1ccccc1)c1ccc(N(C(=O)OC(C)(C)CC)C(=O)c2cc(/N=N/c3cc(C(=O)N(C(=O)OC(C)(C)CC)c4cccc(C(F)(F)F)c4)ccc3OC)c3ccccc3c2)cc1. The van der Waals surface area contributed by atoms with E-state index in [-0.39, 0.29) is 45.2 Å². The molecule has 0 saturated carbocycles. The third-order valence-corrected chi connectivity index (χ3v) is 12.4. The summed E-state index contributed by atoms with van der Waals surface area (Å²) < 4.78 is 64.4. The Labute approximate surface area is 432 Å². The molecule has 6 aromatic carbocycles. The highest BCUT2D eigenvalue weighted by Gasteiger charge is 2.37. The Balaban J connectivity index is 1.42. The smallest absolute Gasteiger partial charge is 0.422 e. The molecule has 0 N–H and O–H groups in total. The number of fused-ring (bicyclic) bond motifs is 1. The zero-order valence-corrected chi connectivity index (χ0v) is 43.3. The molecule has 0 aliphatic rings. The number of hydrogen-bond donors (Lipinski definition) is 0. The molecular weight excluding hydrogens is 972 g/mol. The van der Waals surface area contributed by atoms with Crippen LogP contribution in [0.3, 0.4) is 0 Å². The van der Waals surface area contributed by atoms with Crippen molar-refractivity contribution in [2.45, 2.75) is 105 Å². The first kappa shape index (κ1) is 55.9. The molecule has 6 amide bonds. The van der Waals surface area contributed by atoms with E-state index in [1.165, 1.54) is 61.7 Å². The summed E-state index contributed by atoms with van der Waals surface area (Å²) in [6.45, 7) is 15.3. The fourth-order valence-corrected chi connectivity index (χ4v) is 7.02. The first-order chi connectivity index (χ1) is 35.3. The van der Waals surface area contributed by atoms with Gasteiger partial charge in [0, 0.05) is 22.1 Å². The highest BCUT2D eigenvalue weighted by molar-refractivity contribution is 6.22. The highest BCUT2D eigenvalue weighted by atomic mass is 19.4. The zero-order valence-electron chi connectivity index (χ0n) is 43.3. The summed E-state index contributed by atoms with van der Waals surface area (Å²) in [7, 11) is 1.33. The van der Waals surface area contributed by atoms with Crippen molar-refractivity contribution in [3.8, 4) is 5.75 Å². The van der Waals surface area contributed by atoms with Gasteiger partial charge in [-0.2, -0.15) is 13.2 Å². The number of methoxy groups -OCH3 is 1. The maximum Gasteiger partial charge on any atom is 0.422 e. The van der Waals surface area contributed by atoms with Crippen LogP contribution in [0.15, 0.2) is 144 Å². The lowest BCUT2D eigenvalue weighted by atomic mass is 10.0. The van der Waals surface area contributed by atoms with Crippen molar-refractivity contribution in [2.75, 3.05) is 21.8 Å². The van der Waals surface area contributed by atoms with E-state index < -0.39 is 70.2 Å². The Kier molecular flexibility index (Phi) is 17.0. The van der Waals surface area contributed by atoms with Crippen molar-refractivity contribution in [1.82, 2.24) is 0 Å². The predicted molar refractivity (Wildman–Crippen MR) is 278 cm³/mol. The Hall–Kier alpha value is -8.41. The number of hydrogen-bond acceptors (Lipinski definition) is 12. The van der Waals surface area contributed by atoms with Gasteiger partial charge in [0.15, 0.2) is 0 Å². The van der Waals surface area contributed by atoms with Crippen molar-refractivity contribution in [3.63, 3.8) is 0 Å². The quantitative estimate of drug-likeness (QED) is 0.0711. The van der Waals surface area contributed by atoms with Gasteiger partial charge in [0.25, 0.3) is 17.7 Å². The van der Waals surface area contributed by atoms with Gasteiger partial charge in [-0.1, -0.05) is 69.3 Å². The Bertz CT molecular complexity index is 3140. The second-order valence-electron chi connectivity index (χ2n) is 19.1. The molecular formula is C57H58F3N5O10. The fourth-order valence-electron chi connectivity index (χ4n) is 7.02. The molecule has 15 nitrogen and oxygen atoms in total. The number of rotatable bonds is 15. The number of alkyl halides is 3. The van der Waals surface area contributed by atoms with Crippen molar-refractivity contribution in [1.29, 1.82) is 0 Å². The predicted octanol–water partition coefficient (Wildman–Crippen LogP) is 15.2. The van der Waals surface area contributed by atoms with Crippen LogP contribution in [0.25, 0.3) is 10.8 Å². The van der Waals surface area contributed by atoms with E-state index in [2.05, 4.69) is 10.2 Å². The van der Waals surface area contributed by atoms with Crippen LogP contribution in [0, 0.1) is 0 Å². The van der Waals surface area contributed by atoms with E-state index in [0.29, 0.717) is 41.0 Å². The van der Waals surface area contributed by atoms with Gasteiger partial charge in [-0.15, -0.1) is 10.2 Å². The number of azo groups is 1. The third-order valence-electron chi connectivity index (χ3n) is 12.4. The van der Waals surface area contributed by atoms with Gasteiger partial charge in [0.2, 0.25) is 0 Å². The summed E-state index contributed by atoms with van der Waals surface area (Å²) in [5.74, 6) is -2.49. The summed E-state index contributed by atoms with van der Waals surface area (Å²) in [6.07, 6.45) is -6.85. The Morgan fingerprint density at radius 2 is 0.920 bits per heavy atom. The summed E-state index contributed by atoms with van der Waals surface area (Å²) in [5, 5.41) is 9.92. The van der Waals surface area contributed by atoms with Crippen LogP contribution in [0.4, 0.5) is 56.0 Å². The third kappa shape index (κ3) is 13.4. The monoisotopic (exact) mass is 1030 g/mol. The molecule has 6 aromatic rings. The number of imide groups is 3. The van der Waals surface area contributed by atoms with E-state index in [1.807, 2.05) is 6.92 Å². The van der Waals surface area contributed by atoms with Gasteiger partial charge in [0.1, 0.15) is 28.2 Å². The molecule has 0 aromatic heterocycles. The summed E-state index contributed by atoms with van der Waals surface area (Å²) in [4.78, 5) is 87.1. The van der Waals surface area contributed by atoms with Crippen molar-refractivity contribution < 1.29 is 60.9 Å². The van der Waals surface area contributed by atoms with E-state index in [0.717, 1.165) is 21.9 Å². The van der Waals surface area contributed by atoms with Crippen LogP contribution in [0.5, 0.6) is 5.75 Å². The lowest BCUT2D eigenvalue weighted by molar-refractivity contribution is -0.137. The molecule has 0 heterocycles. The van der Waals surface area contributed by atoms with Gasteiger partial charge in [-0.3, -0.25) is 14.4 Å². The maximum atomic E-state index is 14.9. The number of carbonyl (C=O) groups excluding carboxylic acids is 6. The van der Waals surface area contributed by atoms with E-state index in [1.54, 1.807) is 116 Å². The number of carbonyl (C=O) groups is 6. The van der Waals surface area contributed by atoms with Crippen LogP contribution in [-0.4, -0.2) is 59.9 Å². The number of anilines is 3. The molecule has 0 radical (unpaired) electrons. The number of halogens is 3. The number of benzene rings is 6. The van der Waals surface area contributed by atoms with Gasteiger partial charge >= 0.3 is 24.5 Å². The molecule has 0 bridgehead atoms. The fraction of sp³-hybridized carbons (Fsp3) is 0.298. The highest BCUT2D eigenvalue weighted by Crippen LogP contribution is 2.37. The summed E-state index contributed by atoms with van der Waals surface area (Å²) in [6, 6.07) is 31.1. The van der Waals surface area contributed by atoms with Gasteiger partial charge < -0.3 is 18.9 Å². The van der Waals surface area contributed by atoms with Crippen LogP contribution in [-0.2, 0) is 20.4 Å². The maximum absolute atomic E-state index is 14.9. The van der Waals surface area contributed by atoms with E-state index >= 15 is 0 Å². The topological polar surface area (TPSA) is 174 Å². The molecule has 0 unspecified atom stereocenters. The molecule has 392 valence electrons. The van der Waals surface area contributed by atoms with Crippen LogP contribution < -0.4 is 19.4 Å². The Morgan fingerprint density at radius 3 is 1.43 bits per heavy atom. The molecule has 0 atom stereocenters. The first-order valence-electron chi connectivity index (χ1n) is 24.0. The summed E-state index contributed by atoms with van der Waals surface area (Å²) >= 11 is 0. The minimum Gasteiger partial charge on any atom is -0.494 e. The first-order valence-corrected chi connectivity index (χ1v) is 24.0. The standard InChI is InChI=1S/C57H58F3N5O10/c1-11-54(4,5)73-51(69)63(48(66)36-20-15-14-16-21-36)41-27-29-42(30-28-41)64(52(70)74-55(6,7)12-2)50(68)39-32-37-22-17-18-25-44(37)45(34-39)61-62-46-33-38(26-31-47(46)72-10)49(67)65(53(71)75-56(8,9)13-3)43-24-19-23-40(35-43)57(58,59)60/h14-35H,11-13H2,1-10H3/b62-61+. The molecule has 0 saturated heterocycles. The minimum absolute atomic E-state index is 0.0129. The average molecular weight is 1030 g/mol. The van der Waals surface area contributed by atoms with E-state index in [4.69, 9.17) is 18.9 Å². The van der Waals surface area contributed by atoms with Crippen molar-refractivity contribution in [2.24, 2.45) is 10.2 Å². The summed E-state index contributed by atoms with van der Waals surface area (Å²) in [5.41, 5.74) is -4.45.